The summed E-state index contributed by atoms with van der Waals surface area (Å²) in [6, 6.07) is 19.8. The van der Waals surface area contributed by atoms with Gasteiger partial charge in [-0.1, -0.05) is 72.4 Å². The summed E-state index contributed by atoms with van der Waals surface area (Å²) in [5.41, 5.74) is 8.80. The molecule has 0 aliphatic rings. The summed E-state index contributed by atoms with van der Waals surface area (Å²) in [4.78, 5) is 21.6. The molecule has 3 rings (SSSR count). The number of thioether (sulfide) groups is 1. The van der Waals surface area contributed by atoms with Crippen molar-refractivity contribution in [1.82, 2.24) is 9.97 Å². The monoisotopic (exact) mass is 350 g/mol. The summed E-state index contributed by atoms with van der Waals surface area (Å²) < 4.78 is 0. The molecule has 0 fully saturated rings. The first-order chi connectivity index (χ1) is 12.3. The predicted octanol–water partition coefficient (Wildman–Crippen LogP) is 3.51. The number of nitrogens with two attached hydrogens (primary N) is 1. The number of nitrogen functional groups attached to an aromatic ring is 1. The van der Waals surface area contributed by atoms with Crippen molar-refractivity contribution in [1.29, 1.82) is 0 Å². The van der Waals surface area contributed by atoms with Gasteiger partial charge in [0.1, 0.15) is 17.0 Å². The van der Waals surface area contributed by atoms with E-state index in [4.69, 9.17) is 5.73 Å². The topological polar surface area (TPSA) is 72.1 Å². The van der Waals surface area contributed by atoms with Crippen LogP contribution >= 0.6 is 11.8 Å². The lowest BCUT2D eigenvalue weighted by molar-refractivity contribution is -0.107. The van der Waals surface area contributed by atoms with E-state index in [2.05, 4.69) is 22.1 Å². The number of nitrogens with zero attached hydrogens (tertiary/aromatic N) is 3. The first-order valence-electron chi connectivity index (χ1n) is 7.81. The number of anilines is 2. The van der Waals surface area contributed by atoms with Crippen molar-refractivity contribution in [2.75, 3.05) is 10.6 Å². The zero-order chi connectivity index (χ0) is 17.5. The number of aromatic nitrogens is 2. The Labute approximate surface area is 150 Å². The quantitative estimate of drug-likeness (QED) is 0.401. The maximum atomic E-state index is 11.7. The third-order valence-electron chi connectivity index (χ3n) is 3.65. The fourth-order valence-corrected chi connectivity index (χ4v) is 3.40. The lowest BCUT2D eigenvalue weighted by atomic mass is 10.2. The van der Waals surface area contributed by atoms with Crippen LogP contribution in [0.3, 0.4) is 0 Å². The minimum absolute atomic E-state index is 0.300. The molecule has 3 aromatic rings. The van der Waals surface area contributed by atoms with Gasteiger partial charge < -0.3 is 10.6 Å². The van der Waals surface area contributed by atoms with Crippen molar-refractivity contribution in [2.24, 2.45) is 0 Å². The van der Waals surface area contributed by atoms with Gasteiger partial charge in [0.25, 0.3) is 0 Å². The summed E-state index contributed by atoms with van der Waals surface area (Å²) >= 11 is 1.54. The molecule has 0 bridgehead atoms. The first kappa shape index (κ1) is 17.0. The highest BCUT2D eigenvalue weighted by molar-refractivity contribution is 7.98. The molecular formula is C19H18N4OS. The highest BCUT2D eigenvalue weighted by Gasteiger charge is 2.17. The summed E-state index contributed by atoms with van der Waals surface area (Å²) in [5.74, 6) is 1.04. The third kappa shape index (κ3) is 4.36. The molecule has 25 heavy (non-hydrogen) atoms. The van der Waals surface area contributed by atoms with E-state index in [0.29, 0.717) is 23.1 Å². The van der Waals surface area contributed by atoms with Gasteiger partial charge in [-0.25, -0.2) is 9.97 Å². The molecule has 0 saturated heterocycles. The molecule has 1 heterocycles. The fraction of sp³-hybridized carbons (Fsp3) is 0.105. The van der Waals surface area contributed by atoms with Crippen LogP contribution in [0.5, 0.6) is 0 Å². The van der Waals surface area contributed by atoms with E-state index in [1.54, 1.807) is 4.90 Å². The Bertz CT molecular complexity index is 827. The molecule has 1 amide bonds. The molecule has 6 heteroatoms. The van der Waals surface area contributed by atoms with E-state index < -0.39 is 0 Å². The average molecular weight is 350 g/mol. The van der Waals surface area contributed by atoms with E-state index in [0.717, 1.165) is 17.7 Å². The highest BCUT2D eigenvalue weighted by atomic mass is 32.2. The molecular weight excluding hydrogens is 332 g/mol. The Morgan fingerprint density at radius 1 is 0.960 bits per heavy atom. The van der Waals surface area contributed by atoms with Gasteiger partial charge in [0.05, 0.1) is 6.54 Å². The summed E-state index contributed by atoms with van der Waals surface area (Å²) in [5, 5.41) is 0.694. The Kier molecular flexibility index (Phi) is 5.64. The Hall–Kier alpha value is -2.86. The van der Waals surface area contributed by atoms with Crippen LogP contribution in [0.1, 0.15) is 11.1 Å². The van der Waals surface area contributed by atoms with Crippen LogP contribution in [-0.4, -0.2) is 16.4 Å². The number of hydrogen-bond donors (Lipinski definition) is 1. The van der Waals surface area contributed by atoms with Crippen LogP contribution in [0, 0.1) is 0 Å². The van der Waals surface area contributed by atoms with Gasteiger partial charge in [-0.05, 0) is 11.1 Å². The molecule has 0 spiro atoms. The molecule has 0 unspecified atom stereocenters. The van der Waals surface area contributed by atoms with Gasteiger partial charge in [-0.3, -0.25) is 4.79 Å². The minimum atomic E-state index is 0.300. The molecule has 126 valence electrons. The molecule has 2 N–H and O–H groups in total. The number of hydrogen-bond acceptors (Lipinski definition) is 5. The Morgan fingerprint density at radius 3 is 2.24 bits per heavy atom. The van der Waals surface area contributed by atoms with Crippen LogP contribution < -0.4 is 10.6 Å². The van der Waals surface area contributed by atoms with E-state index in [-0.39, 0.29) is 0 Å². The SMILES string of the molecule is Nc1ncnc(SCc2ccccc2)c1N(C=O)Cc1ccccc1. The molecule has 0 atom stereocenters. The number of amides is 1. The van der Waals surface area contributed by atoms with Crippen LogP contribution in [-0.2, 0) is 17.1 Å². The lowest BCUT2D eigenvalue weighted by Crippen LogP contribution is -2.23. The van der Waals surface area contributed by atoms with Crippen LogP contribution in [0.25, 0.3) is 0 Å². The van der Waals surface area contributed by atoms with E-state index in [1.165, 1.54) is 23.7 Å². The maximum Gasteiger partial charge on any atom is 0.214 e. The van der Waals surface area contributed by atoms with E-state index >= 15 is 0 Å². The maximum absolute atomic E-state index is 11.7. The van der Waals surface area contributed by atoms with Crippen molar-refractivity contribution < 1.29 is 4.79 Å². The van der Waals surface area contributed by atoms with Crippen LogP contribution in [0.2, 0.25) is 0 Å². The Balaban J connectivity index is 1.85. The molecule has 0 radical (unpaired) electrons. The second-order valence-corrected chi connectivity index (χ2v) is 6.37. The third-order valence-corrected chi connectivity index (χ3v) is 4.70. The smallest absolute Gasteiger partial charge is 0.214 e. The molecule has 0 aliphatic carbocycles. The Morgan fingerprint density at radius 2 is 1.60 bits per heavy atom. The van der Waals surface area contributed by atoms with Gasteiger partial charge in [-0.15, -0.1) is 0 Å². The van der Waals surface area contributed by atoms with E-state index in [1.807, 2.05) is 48.5 Å². The minimum Gasteiger partial charge on any atom is -0.382 e. The van der Waals surface area contributed by atoms with Gasteiger partial charge >= 0.3 is 0 Å². The number of carbonyl (C=O) groups excluding carboxylic acids is 1. The van der Waals surface area contributed by atoms with E-state index in [9.17, 15) is 4.79 Å². The zero-order valence-electron chi connectivity index (χ0n) is 13.6. The van der Waals surface area contributed by atoms with Crippen molar-refractivity contribution in [3.05, 3.63) is 78.1 Å². The summed E-state index contributed by atoms with van der Waals surface area (Å²) in [7, 11) is 0. The predicted molar refractivity (Wildman–Crippen MR) is 101 cm³/mol. The van der Waals surface area contributed by atoms with Crippen molar-refractivity contribution in [2.45, 2.75) is 17.3 Å². The summed E-state index contributed by atoms with van der Waals surface area (Å²) in [6.07, 6.45) is 2.20. The summed E-state index contributed by atoms with van der Waals surface area (Å²) in [6.45, 7) is 0.417. The fourth-order valence-electron chi connectivity index (χ4n) is 2.43. The van der Waals surface area contributed by atoms with Gasteiger partial charge in [0.2, 0.25) is 6.41 Å². The average Bonchev–Trinajstić information content (AvgIpc) is 2.66. The van der Waals surface area contributed by atoms with Gasteiger partial charge in [0, 0.05) is 5.75 Å². The number of benzene rings is 2. The highest BCUT2D eigenvalue weighted by Crippen LogP contribution is 2.34. The molecule has 0 saturated carbocycles. The standard InChI is InChI=1S/C19H18N4OS/c20-18-17(23(14-24)11-15-7-3-1-4-8-15)19(22-13-21-18)25-12-16-9-5-2-6-10-16/h1-10,13-14H,11-12H2,(H2,20,21,22). The van der Waals surface area contributed by atoms with Crippen molar-refractivity contribution in [3.8, 4) is 0 Å². The van der Waals surface area contributed by atoms with Crippen LogP contribution in [0.4, 0.5) is 11.5 Å². The van der Waals surface area contributed by atoms with Crippen molar-refractivity contribution >= 4 is 29.7 Å². The van der Waals surface area contributed by atoms with Crippen molar-refractivity contribution in [3.63, 3.8) is 0 Å². The van der Waals surface area contributed by atoms with Gasteiger partial charge in [-0.2, -0.15) is 0 Å². The largest absolute Gasteiger partial charge is 0.382 e. The molecule has 1 aromatic heterocycles. The normalized spacial score (nSPS) is 10.4. The first-order valence-corrected chi connectivity index (χ1v) is 8.79. The van der Waals surface area contributed by atoms with Crippen LogP contribution in [0.15, 0.2) is 72.0 Å². The molecule has 0 aliphatic heterocycles. The second kappa shape index (κ2) is 8.30. The molecule has 2 aromatic carbocycles. The molecule has 5 nitrogen and oxygen atoms in total. The number of rotatable bonds is 7. The van der Waals surface area contributed by atoms with Gasteiger partial charge in [0.15, 0.2) is 5.82 Å². The lowest BCUT2D eigenvalue weighted by Gasteiger charge is -2.21. The second-order valence-electron chi connectivity index (χ2n) is 5.41. The zero-order valence-corrected chi connectivity index (χ0v) is 14.4. The number of carbonyl (C=O) groups is 1.